The molecule has 0 amide bonds. The summed E-state index contributed by atoms with van der Waals surface area (Å²) in [5.74, 6) is 0.531. The van der Waals surface area contributed by atoms with E-state index in [9.17, 15) is 4.57 Å². The van der Waals surface area contributed by atoms with Gasteiger partial charge in [-0.1, -0.05) is 96.1 Å². The molecule has 0 aliphatic carbocycles. The standard InChI is InChI=1S/C32H25N2O3P/c1-21-11-15-23(16-12-21)29-19-25-7-3-5-9-27(25)31(33-29)36-38(35)37-32-28-10-6-4-8-26(28)20-30(34-32)24-17-13-22(2)14-18-24/h3-20,38H,1-2H3. The molecule has 38 heavy (non-hydrogen) atoms. The van der Waals surface area contributed by atoms with Crippen molar-refractivity contribution in [1.29, 1.82) is 0 Å². The first kappa shape index (κ1) is 23.9. The van der Waals surface area contributed by atoms with Gasteiger partial charge in [-0.25, -0.2) is 14.5 Å². The summed E-state index contributed by atoms with van der Waals surface area (Å²) >= 11 is 0. The van der Waals surface area contributed by atoms with Crippen molar-refractivity contribution in [3.05, 3.63) is 120 Å². The first-order valence-electron chi connectivity index (χ1n) is 12.4. The zero-order valence-electron chi connectivity index (χ0n) is 21.0. The van der Waals surface area contributed by atoms with E-state index in [4.69, 9.17) is 19.0 Å². The van der Waals surface area contributed by atoms with Crippen molar-refractivity contribution in [3.8, 4) is 34.3 Å². The predicted octanol–water partition coefficient (Wildman–Crippen LogP) is 8.58. The Bertz CT molecular complexity index is 1670. The van der Waals surface area contributed by atoms with E-state index in [0.29, 0.717) is 0 Å². The Labute approximate surface area is 221 Å². The van der Waals surface area contributed by atoms with Crippen LogP contribution in [0.25, 0.3) is 44.1 Å². The van der Waals surface area contributed by atoms with E-state index >= 15 is 0 Å². The molecular weight excluding hydrogens is 491 g/mol. The third-order valence-corrected chi connectivity index (χ3v) is 7.19. The second kappa shape index (κ2) is 10.1. The van der Waals surface area contributed by atoms with Crippen molar-refractivity contribution in [3.63, 3.8) is 0 Å². The SMILES string of the molecule is Cc1ccc(-c2cc3ccccc3c(O[PH](=O)Oc3nc(-c4ccc(C)cc4)cc4ccccc34)n2)cc1. The summed E-state index contributed by atoms with van der Waals surface area (Å²) in [4.78, 5) is 9.44. The first-order valence-corrected chi connectivity index (χ1v) is 13.6. The quantitative estimate of drug-likeness (QED) is 0.208. The summed E-state index contributed by atoms with van der Waals surface area (Å²) in [6, 6.07) is 35.7. The number of pyridine rings is 2. The lowest BCUT2D eigenvalue weighted by atomic mass is 10.1. The number of hydrogen-bond acceptors (Lipinski definition) is 5. The lowest BCUT2D eigenvalue weighted by Gasteiger charge is -2.13. The number of hydrogen-bond donors (Lipinski definition) is 0. The molecule has 186 valence electrons. The lowest BCUT2D eigenvalue weighted by molar-refractivity contribution is 0.408. The van der Waals surface area contributed by atoms with E-state index in [1.165, 1.54) is 0 Å². The molecule has 0 saturated carbocycles. The third-order valence-electron chi connectivity index (χ3n) is 6.47. The van der Waals surface area contributed by atoms with Gasteiger partial charge in [-0.15, -0.1) is 0 Å². The molecule has 6 rings (SSSR count). The average Bonchev–Trinajstić information content (AvgIpc) is 2.93. The van der Waals surface area contributed by atoms with Gasteiger partial charge in [0.15, 0.2) is 0 Å². The van der Waals surface area contributed by atoms with Crippen molar-refractivity contribution in [2.24, 2.45) is 0 Å². The highest BCUT2D eigenvalue weighted by atomic mass is 31.1. The molecule has 0 fully saturated rings. The van der Waals surface area contributed by atoms with Gasteiger partial charge in [0.25, 0.3) is 0 Å². The minimum absolute atomic E-state index is 0.265. The second-order valence-electron chi connectivity index (χ2n) is 9.25. The van der Waals surface area contributed by atoms with Gasteiger partial charge in [0.05, 0.1) is 11.4 Å². The van der Waals surface area contributed by atoms with Crippen LogP contribution in [-0.2, 0) is 4.57 Å². The Balaban J connectivity index is 1.36. The molecule has 0 radical (unpaired) electrons. The van der Waals surface area contributed by atoms with Crippen LogP contribution in [0.15, 0.2) is 109 Å². The molecule has 0 unspecified atom stereocenters. The molecule has 0 saturated heterocycles. The highest BCUT2D eigenvalue weighted by Gasteiger charge is 2.16. The van der Waals surface area contributed by atoms with Crippen LogP contribution < -0.4 is 9.05 Å². The van der Waals surface area contributed by atoms with Crippen LogP contribution in [-0.4, -0.2) is 9.97 Å². The van der Waals surface area contributed by atoms with Crippen LogP contribution in [0.5, 0.6) is 11.8 Å². The number of fused-ring (bicyclic) bond motifs is 2. The maximum absolute atomic E-state index is 13.3. The fourth-order valence-corrected chi connectivity index (χ4v) is 5.08. The van der Waals surface area contributed by atoms with Crippen LogP contribution >= 0.6 is 8.25 Å². The Morgan fingerprint density at radius 1 is 0.553 bits per heavy atom. The second-order valence-corrected chi connectivity index (χ2v) is 10.2. The van der Waals surface area contributed by atoms with Crippen LogP contribution in [0.2, 0.25) is 0 Å². The zero-order valence-corrected chi connectivity index (χ0v) is 22.0. The fourth-order valence-electron chi connectivity index (χ4n) is 4.41. The smallest absolute Gasteiger partial charge is 0.399 e. The highest BCUT2D eigenvalue weighted by molar-refractivity contribution is 7.34. The molecule has 2 heterocycles. The van der Waals surface area contributed by atoms with E-state index < -0.39 is 8.25 Å². The highest BCUT2D eigenvalue weighted by Crippen LogP contribution is 2.38. The summed E-state index contributed by atoms with van der Waals surface area (Å²) < 4.78 is 25.1. The number of aromatic nitrogens is 2. The topological polar surface area (TPSA) is 61.3 Å². The third kappa shape index (κ3) is 4.89. The summed E-state index contributed by atoms with van der Waals surface area (Å²) in [6.07, 6.45) is 0. The normalized spacial score (nSPS) is 11.2. The van der Waals surface area contributed by atoms with Crippen LogP contribution in [0.1, 0.15) is 11.1 Å². The molecule has 4 aromatic carbocycles. The minimum Gasteiger partial charge on any atom is -0.399 e. The molecule has 6 heteroatoms. The van der Waals surface area contributed by atoms with E-state index in [1.54, 1.807) is 0 Å². The zero-order chi connectivity index (χ0) is 26.1. The number of benzene rings is 4. The molecule has 0 spiro atoms. The Hall–Kier alpha value is -4.47. The van der Waals surface area contributed by atoms with Gasteiger partial charge >= 0.3 is 8.25 Å². The first-order chi connectivity index (χ1) is 18.5. The number of nitrogens with zero attached hydrogens (tertiary/aromatic N) is 2. The van der Waals surface area contributed by atoms with Gasteiger partial charge in [0.1, 0.15) is 0 Å². The summed E-state index contributed by atoms with van der Waals surface area (Å²) in [5.41, 5.74) is 5.70. The van der Waals surface area contributed by atoms with Crippen molar-refractivity contribution < 1.29 is 13.6 Å². The van der Waals surface area contributed by atoms with Crippen molar-refractivity contribution in [1.82, 2.24) is 9.97 Å². The van der Waals surface area contributed by atoms with Crippen LogP contribution in [0.3, 0.4) is 0 Å². The molecule has 0 bridgehead atoms. The average molecular weight is 517 g/mol. The molecule has 6 aromatic rings. The van der Waals surface area contributed by atoms with E-state index in [-0.39, 0.29) is 11.8 Å². The molecular formula is C32H25N2O3P. The maximum Gasteiger partial charge on any atom is 0.421 e. The number of aryl methyl sites for hydroxylation is 2. The van der Waals surface area contributed by atoms with Crippen molar-refractivity contribution >= 4 is 29.8 Å². The Morgan fingerprint density at radius 2 is 0.947 bits per heavy atom. The van der Waals surface area contributed by atoms with E-state index in [2.05, 4.69) is 0 Å². The Morgan fingerprint density at radius 3 is 1.37 bits per heavy atom. The van der Waals surface area contributed by atoms with Crippen LogP contribution in [0.4, 0.5) is 0 Å². The van der Waals surface area contributed by atoms with Gasteiger partial charge in [0.2, 0.25) is 11.8 Å². The molecule has 0 N–H and O–H groups in total. The van der Waals surface area contributed by atoms with E-state index in [1.807, 2.05) is 123 Å². The fraction of sp³-hybridized carbons (Fsp3) is 0.0625. The van der Waals surface area contributed by atoms with Gasteiger partial charge in [-0.05, 0) is 48.9 Å². The van der Waals surface area contributed by atoms with Gasteiger partial charge in [0, 0.05) is 21.9 Å². The molecule has 5 nitrogen and oxygen atoms in total. The summed E-state index contributed by atoms with van der Waals surface area (Å²) in [5, 5.41) is 3.40. The summed E-state index contributed by atoms with van der Waals surface area (Å²) in [7, 11) is -3.06. The minimum atomic E-state index is -3.06. The monoisotopic (exact) mass is 516 g/mol. The van der Waals surface area contributed by atoms with Crippen LogP contribution in [0, 0.1) is 13.8 Å². The predicted molar refractivity (Wildman–Crippen MR) is 154 cm³/mol. The van der Waals surface area contributed by atoms with Crippen molar-refractivity contribution in [2.75, 3.05) is 0 Å². The molecule has 0 aliphatic rings. The van der Waals surface area contributed by atoms with Crippen molar-refractivity contribution in [2.45, 2.75) is 13.8 Å². The Kier molecular flexibility index (Phi) is 6.36. The maximum atomic E-state index is 13.3. The van der Waals surface area contributed by atoms with Gasteiger partial charge in [-0.2, -0.15) is 0 Å². The largest absolute Gasteiger partial charge is 0.421 e. The van der Waals surface area contributed by atoms with Gasteiger partial charge < -0.3 is 9.05 Å². The summed E-state index contributed by atoms with van der Waals surface area (Å²) in [6.45, 7) is 4.09. The molecule has 2 aromatic heterocycles. The molecule has 0 aliphatic heterocycles. The van der Waals surface area contributed by atoms with Gasteiger partial charge in [-0.3, -0.25) is 0 Å². The number of rotatable bonds is 6. The lowest BCUT2D eigenvalue weighted by Crippen LogP contribution is -1.97. The molecule has 0 atom stereocenters. The van der Waals surface area contributed by atoms with E-state index in [0.717, 1.165) is 55.2 Å².